The van der Waals surface area contributed by atoms with Crippen LogP contribution in [-0.2, 0) is 9.53 Å². The highest BCUT2D eigenvalue weighted by Gasteiger charge is 2.25. The molecule has 1 aliphatic heterocycles. The molecule has 0 aliphatic carbocycles. The predicted octanol–water partition coefficient (Wildman–Crippen LogP) is 3.08. The number of amides is 2. The van der Waals surface area contributed by atoms with Crippen molar-refractivity contribution < 1.29 is 18.7 Å². The molecule has 6 nitrogen and oxygen atoms in total. The number of cyclic esters (lactones) is 1. The molecule has 0 spiro atoms. The average Bonchev–Trinajstić information content (AvgIpc) is 2.87. The maximum Gasteiger partial charge on any atom is 0.419 e. The lowest BCUT2D eigenvalue weighted by atomic mass is 10.0. The summed E-state index contributed by atoms with van der Waals surface area (Å²) >= 11 is 0. The van der Waals surface area contributed by atoms with Crippen LogP contribution in [0.2, 0.25) is 0 Å². The fraction of sp³-hybridized carbons (Fsp3) is 0.167. The van der Waals surface area contributed by atoms with Crippen molar-refractivity contribution in [1.82, 2.24) is 5.32 Å². The summed E-state index contributed by atoms with van der Waals surface area (Å²) in [6.07, 6.45) is 4.81. The fourth-order valence-corrected chi connectivity index (χ4v) is 2.31. The zero-order chi connectivity index (χ0) is 17.3. The van der Waals surface area contributed by atoms with E-state index in [1.54, 1.807) is 6.07 Å². The van der Waals surface area contributed by atoms with Gasteiger partial charge in [0.15, 0.2) is 11.2 Å². The molecule has 1 N–H and O–H groups in total. The Bertz CT molecular complexity index is 950. The van der Waals surface area contributed by atoms with Crippen molar-refractivity contribution in [2.24, 2.45) is 0 Å². The van der Waals surface area contributed by atoms with Crippen LogP contribution in [0, 0.1) is 0 Å². The monoisotopic (exact) mass is 325 g/mol. The van der Waals surface area contributed by atoms with E-state index < -0.39 is 12.0 Å². The molecule has 2 heterocycles. The standard InChI is InChI=1S/C18H15NO5/c1-10(2)11-6-7-14-13(8-11)16(20)12(9-23-14)4-3-5-15-17(21)19-18(22)24-15/h3-10H,1-2H3,(H,19,21,22). The van der Waals surface area contributed by atoms with Crippen molar-refractivity contribution in [3.05, 3.63) is 63.7 Å². The van der Waals surface area contributed by atoms with Crippen LogP contribution in [0.15, 0.2) is 51.6 Å². The SMILES string of the molecule is CC(C)c1ccc2occ(C=CC=C3OC(=O)NC3=O)c(=O)c2c1. The van der Waals surface area contributed by atoms with Gasteiger partial charge >= 0.3 is 6.09 Å². The number of carbonyl (C=O) groups is 2. The van der Waals surface area contributed by atoms with E-state index in [0.29, 0.717) is 22.5 Å². The third kappa shape index (κ3) is 2.99. The predicted molar refractivity (Wildman–Crippen MR) is 88.3 cm³/mol. The summed E-state index contributed by atoms with van der Waals surface area (Å²) in [7, 11) is 0. The van der Waals surface area contributed by atoms with E-state index >= 15 is 0 Å². The van der Waals surface area contributed by atoms with Gasteiger partial charge in [0, 0.05) is 0 Å². The van der Waals surface area contributed by atoms with Crippen molar-refractivity contribution in [2.75, 3.05) is 0 Å². The number of alkyl carbamates (subject to hydrolysis) is 1. The number of imide groups is 1. The number of benzene rings is 1. The molecule has 1 fully saturated rings. The van der Waals surface area contributed by atoms with Crippen LogP contribution >= 0.6 is 0 Å². The Morgan fingerprint density at radius 1 is 1.17 bits per heavy atom. The minimum absolute atomic E-state index is 0.122. The second kappa shape index (κ2) is 6.16. The number of nitrogens with one attached hydrogen (secondary N) is 1. The maximum absolute atomic E-state index is 12.6. The molecule has 1 aromatic heterocycles. The van der Waals surface area contributed by atoms with Crippen LogP contribution < -0.4 is 10.7 Å². The van der Waals surface area contributed by atoms with Gasteiger partial charge < -0.3 is 9.15 Å². The van der Waals surface area contributed by atoms with E-state index in [9.17, 15) is 14.4 Å². The third-order valence-corrected chi connectivity index (χ3v) is 3.66. The molecule has 1 aromatic carbocycles. The summed E-state index contributed by atoms with van der Waals surface area (Å²) in [4.78, 5) is 34.8. The van der Waals surface area contributed by atoms with Gasteiger partial charge in [-0.25, -0.2) is 4.79 Å². The van der Waals surface area contributed by atoms with Crippen LogP contribution in [0.4, 0.5) is 4.79 Å². The van der Waals surface area contributed by atoms with E-state index in [1.165, 1.54) is 24.5 Å². The van der Waals surface area contributed by atoms with Gasteiger partial charge in [0.2, 0.25) is 0 Å². The number of rotatable bonds is 3. The minimum atomic E-state index is -0.814. The van der Waals surface area contributed by atoms with E-state index in [4.69, 9.17) is 4.42 Å². The molecule has 6 heteroatoms. The highest BCUT2D eigenvalue weighted by atomic mass is 16.6. The number of fused-ring (bicyclic) bond motifs is 1. The van der Waals surface area contributed by atoms with Crippen molar-refractivity contribution in [1.29, 1.82) is 0 Å². The van der Waals surface area contributed by atoms with E-state index in [0.717, 1.165) is 5.56 Å². The van der Waals surface area contributed by atoms with Crippen LogP contribution in [-0.4, -0.2) is 12.0 Å². The molecule has 122 valence electrons. The van der Waals surface area contributed by atoms with Gasteiger partial charge in [-0.15, -0.1) is 0 Å². The Labute approximate surface area is 137 Å². The highest BCUT2D eigenvalue weighted by molar-refractivity contribution is 6.07. The molecule has 2 aromatic rings. The summed E-state index contributed by atoms with van der Waals surface area (Å²) in [6, 6.07) is 5.54. The lowest BCUT2D eigenvalue weighted by Crippen LogP contribution is -2.18. The number of hydrogen-bond donors (Lipinski definition) is 1. The zero-order valence-electron chi connectivity index (χ0n) is 13.2. The molecule has 1 saturated heterocycles. The second-order valence-corrected chi connectivity index (χ2v) is 5.66. The molecule has 0 bridgehead atoms. The first-order chi connectivity index (χ1) is 11.5. The molecule has 3 rings (SSSR count). The van der Waals surface area contributed by atoms with Crippen LogP contribution in [0.3, 0.4) is 0 Å². The number of allylic oxidation sites excluding steroid dienone is 2. The summed E-state index contributed by atoms with van der Waals surface area (Å²) in [5, 5.41) is 2.49. The lowest BCUT2D eigenvalue weighted by molar-refractivity contribution is -0.116. The quantitative estimate of drug-likeness (QED) is 0.877. The minimum Gasteiger partial charge on any atom is -0.463 e. The molecule has 0 unspecified atom stereocenters. The fourth-order valence-electron chi connectivity index (χ4n) is 2.31. The van der Waals surface area contributed by atoms with Crippen LogP contribution in [0.25, 0.3) is 17.0 Å². The van der Waals surface area contributed by atoms with Crippen LogP contribution in [0.1, 0.15) is 30.9 Å². The normalized spacial score (nSPS) is 16.4. The Morgan fingerprint density at radius 2 is 1.96 bits per heavy atom. The number of hydrogen-bond acceptors (Lipinski definition) is 5. The Hall–Kier alpha value is -3.15. The zero-order valence-corrected chi connectivity index (χ0v) is 13.2. The molecule has 0 saturated carbocycles. The Balaban J connectivity index is 1.95. The maximum atomic E-state index is 12.6. The highest BCUT2D eigenvalue weighted by Crippen LogP contribution is 2.20. The topological polar surface area (TPSA) is 85.6 Å². The summed E-state index contributed by atoms with van der Waals surface area (Å²) < 4.78 is 10.1. The summed E-state index contributed by atoms with van der Waals surface area (Å²) in [5.74, 6) is -0.436. The molecular weight excluding hydrogens is 310 g/mol. The molecule has 0 radical (unpaired) electrons. The van der Waals surface area contributed by atoms with E-state index in [1.807, 2.05) is 31.3 Å². The Kier molecular flexibility index (Phi) is 4.04. The average molecular weight is 325 g/mol. The largest absolute Gasteiger partial charge is 0.463 e. The summed E-state index contributed by atoms with van der Waals surface area (Å²) in [6.45, 7) is 4.10. The molecule has 1 aliphatic rings. The molecule has 2 amide bonds. The van der Waals surface area contributed by atoms with E-state index in [2.05, 4.69) is 4.74 Å². The van der Waals surface area contributed by atoms with Gasteiger partial charge in [-0.3, -0.25) is 14.9 Å². The van der Waals surface area contributed by atoms with Gasteiger partial charge in [-0.1, -0.05) is 26.0 Å². The smallest absolute Gasteiger partial charge is 0.419 e. The Morgan fingerprint density at radius 3 is 2.62 bits per heavy atom. The molecular formula is C18H15NO5. The third-order valence-electron chi connectivity index (χ3n) is 3.66. The summed E-state index contributed by atoms with van der Waals surface area (Å²) in [5.41, 5.74) is 1.74. The van der Waals surface area contributed by atoms with Crippen LogP contribution in [0.5, 0.6) is 0 Å². The lowest BCUT2D eigenvalue weighted by Gasteiger charge is -2.06. The van der Waals surface area contributed by atoms with Gasteiger partial charge in [-0.2, -0.15) is 0 Å². The van der Waals surface area contributed by atoms with Gasteiger partial charge in [-0.05, 0) is 35.8 Å². The number of carbonyl (C=O) groups excluding carboxylic acids is 2. The first-order valence-corrected chi connectivity index (χ1v) is 7.42. The van der Waals surface area contributed by atoms with Crippen molar-refractivity contribution >= 4 is 29.0 Å². The van der Waals surface area contributed by atoms with Gasteiger partial charge in [0.1, 0.15) is 11.8 Å². The van der Waals surface area contributed by atoms with Gasteiger partial charge in [0.25, 0.3) is 5.91 Å². The van der Waals surface area contributed by atoms with Crippen molar-refractivity contribution in [3.8, 4) is 0 Å². The number of ether oxygens (including phenoxy) is 1. The first-order valence-electron chi connectivity index (χ1n) is 7.42. The molecule has 24 heavy (non-hydrogen) atoms. The van der Waals surface area contributed by atoms with E-state index in [-0.39, 0.29) is 11.2 Å². The molecule has 0 atom stereocenters. The van der Waals surface area contributed by atoms with Gasteiger partial charge in [0.05, 0.1) is 10.9 Å². The van der Waals surface area contributed by atoms with Crippen molar-refractivity contribution in [2.45, 2.75) is 19.8 Å². The second-order valence-electron chi connectivity index (χ2n) is 5.66. The first kappa shape index (κ1) is 15.7. The van der Waals surface area contributed by atoms with Crippen molar-refractivity contribution in [3.63, 3.8) is 0 Å².